The summed E-state index contributed by atoms with van der Waals surface area (Å²) in [5, 5.41) is 0. The van der Waals surface area contributed by atoms with Gasteiger partial charge >= 0.3 is 0 Å². The van der Waals surface area contributed by atoms with E-state index in [1.54, 1.807) is 0 Å². The summed E-state index contributed by atoms with van der Waals surface area (Å²) >= 11 is 0. The van der Waals surface area contributed by atoms with Gasteiger partial charge in [0.05, 0.1) is 0 Å². The molecule has 0 amide bonds. The molecule has 3 aromatic rings. The first-order valence-corrected chi connectivity index (χ1v) is 8.25. The molecule has 0 saturated carbocycles. The smallest absolute Gasteiger partial charge is 0.218 e. The summed E-state index contributed by atoms with van der Waals surface area (Å²) in [5.41, 5.74) is 8.01. The summed E-state index contributed by atoms with van der Waals surface area (Å²) in [5.74, 6) is 1.29. The Bertz CT molecular complexity index is 929. The molecular formula is C21H23N2+. The van der Waals surface area contributed by atoms with Crippen LogP contribution in [0.2, 0.25) is 0 Å². The van der Waals surface area contributed by atoms with Crippen molar-refractivity contribution in [2.75, 3.05) is 0 Å². The van der Waals surface area contributed by atoms with Crippen LogP contribution < -0.4 is 4.57 Å². The standard InChI is InChI=1S/C21H23N2/c1-14-10-6-9-13-19(14)22-15(2)20-17-11-7-8-12-18(17)21(4,5)23(20)16(22)3/h6-13H,1-5H3/q+1. The second-order valence-corrected chi connectivity index (χ2v) is 7.04. The molecule has 0 unspecified atom stereocenters. The second-order valence-electron chi connectivity index (χ2n) is 7.04. The van der Waals surface area contributed by atoms with Crippen molar-refractivity contribution in [2.45, 2.75) is 40.2 Å². The zero-order valence-electron chi connectivity index (χ0n) is 14.5. The van der Waals surface area contributed by atoms with E-state index in [-0.39, 0.29) is 5.54 Å². The zero-order chi connectivity index (χ0) is 16.4. The van der Waals surface area contributed by atoms with Crippen LogP contribution in [-0.4, -0.2) is 4.57 Å². The van der Waals surface area contributed by atoms with E-state index in [9.17, 15) is 0 Å². The summed E-state index contributed by atoms with van der Waals surface area (Å²) in [6.07, 6.45) is 0. The van der Waals surface area contributed by atoms with E-state index in [1.165, 1.54) is 39.6 Å². The number of benzene rings is 2. The molecule has 0 bridgehead atoms. The van der Waals surface area contributed by atoms with E-state index in [0.29, 0.717) is 0 Å². The predicted octanol–water partition coefficient (Wildman–Crippen LogP) is 4.45. The van der Waals surface area contributed by atoms with Gasteiger partial charge in [0.1, 0.15) is 11.2 Å². The number of imidazole rings is 1. The van der Waals surface area contributed by atoms with E-state index in [4.69, 9.17) is 0 Å². The van der Waals surface area contributed by atoms with E-state index in [2.05, 4.69) is 92.3 Å². The Morgan fingerprint density at radius 3 is 2.26 bits per heavy atom. The van der Waals surface area contributed by atoms with Gasteiger partial charge in [-0.3, -0.25) is 0 Å². The third-order valence-corrected chi connectivity index (χ3v) is 5.31. The van der Waals surface area contributed by atoms with E-state index < -0.39 is 0 Å². The highest BCUT2D eigenvalue weighted by Gasteiger charge is 2.45. The number of hydrogen-bond acceptors (Lipinski definition) is 0. The number of aryl methyl sites for hydroxylation is 1. The topological polar surface area (TPSA) is 8.81 Å². The Balaban J connectivity index is 2.10. The fourth-order valence-corrected chi connectivity index (χ4v) is 4.28. The Kier molecular flexibility index (Phi) is 2.84. The Morgan fingerprint density at radius 1 is 0.870 bits per heavy atom. The quantitative estimate of drug-likeness (QED) is 0.587. The zero-order valence-corrected chi connectivity index (χ0v) is 14.5. The highest BCUT2D eigenvalue weighted by Crippen LogP contribution is 2.40. The van der Waals surface area contributed by atoms with Gasteiger partial charge in [0.2, 0.25) is 0 Å². The van der Waals surface area contributed by atoms with Gasteiger partial charge in [-0.25, -0.2) is 4.57 Å². The van der Waals surface area contributed by atoms with Crippen molar-refractivity contribution in [2.24, 2.45) is 0 Å². The SMILES string of the molecule is Cc1ccccc1-n1c(C)c2[n+](c1C)C(C)(C)c1ccccc1-2. The molecule has 2 aromatic carbocycles. The van der Waals surface area contributed by atoms with Crippen LogP contribution >= 0.6 is 0 Å². The Labute approximate surface area is 138 Å². The monoisotopic (exact) mass is 303 g/mol. The Hall–Kier alpha value is -2.35. The minimum atomic E-state index is -0.0191. The fourth-order valence-electron chi connectivity index (χ4n) is 4.28. The van der Waals surface area contributed by atoms with Crippen LogP contribution in [0.25, 0.3) is 16.9 Å². The maximum Gasteiger partial charge on any atom is 0.259 e. The maximum atomic E-state index is 2.50. The second kappa shape index (κ2) is 4.58. The Morgan fingerprint density at radius 2 is 1.52 bits per heavy atom. The van der Waals surface area contributed by atoms with Gasteiger partial charge in [0.25, 0.3) is 5.82 Å². The molecule has 0 saturated heterocycles. The normalized spacial score (nSPS) is 14.7. The number of rotatable bonds is 1. The molecule has 116 valence electrons. The summed E-state index contributed by atoms with van der Waals surface area (Å²) in [6.45, 7) is 11.3. The largest absolute Gasteiger partial charge is 0.259 e. The van der Waals surface area contributed by atoms with E-state index in [1.807, 2.05) is 0 Å². The van der Waals surface area contributed by atoms with Gasteiger partial charge in [-0.05, 0) is 32.4 Å². The summed E-state index contributed by atoms with van der Waals surface area (Å²) in [4.78, 5) is 0. The summed E-state index contributed by atoms with van der Waals surface area (Å²) in [7, 11) is 0. The first-order valence-electron chi connectivity index (χ1n) is 8.25. The highest BCUT2D eigenvalue weighted by atomic mass is 15.2. The lowest BCUT2D eigenvalue weighted by molar-refractivity contribution is -0.736. The average Bonchev–Trinajstić information content (AvgIpc) is 2.93. The molecule has 0 fully saturated rings. The van der Waals surface area contributed by atoms with Crippen LogP contribution in [-0.2, 0) is 5.54 Å². The molecule has 0 atom stereocenters. The van der Waals surface area contributed by atoms with Crippen molar-refractivity contribution in [1.29, 1.82) is 0 Å². The maximum absolute atomic E-state index is 2.50. The van der Waals surface area contributed by atoms with Crippen molar-refractivity contribution < 1.29 is 4.57 Å². The minimum Gasteiger partial charge on any atom is -0.218 e. The first kappa shape index (κ1) is 14.3. The lowest BCUT2D eigenvalue weighted by atomic mass is 9.93. The molecule has 2 heterocycles. The fraction of sp³-hybridized carbons (Fsp3) is 0.286. The molecule has 1 aromatic heterocycles. The lowest BCUT2D eigenvalue weighted by Gasteiger charge is -2.19. The molecule has 0 spiro atoms. The van der Waals surface area contributed by atoms with E-state index >= 15 is 0 Å². The highest BCUT2D eigenvalue weighted by molar-refractivity contribution is 5.68. The third-order valence-electron chi connectivity index (χ3n) is 5.31. The number of para-hydroxylation sites is 1. The molecule has 2 nitrogen and oxygen atoms in total. The number of aromatic nitrogens is 2. The molecule has 0 radical (unpaired) electrons. The molecular weight excluding hydrogens is 280 g/mol. The first-order chi connectivity index (χ1) is 10.9. The molecule has 2 heteroatoms. The molecule has 1 aliphatic heterocycles. The van der Waals surface area contributed by atoms with Crippen LogP contribution in [0.5, 0.6) is 0 Å². The summed E-state index contributed by atoms with van der Waals surface area (Å²) in [6, 6.07) is 17.4. The van der Waals surface area contributed by atoms with Crippen molar-refractivity contribution in [3.05, 3.63) is 71.2 Å². The predicted molar refractivity (Wildman–Crippen MR) is 94.0 cm³/mol. The van der Waals surface area contributed by atoms with Crippen molar-refractivity contribution in [1.82, 2.24) is 4.57 Å². The van der Waals surface area contributed by atoms with Gasteiger partial charge in [-0.15, -0.1) is 0 Å². The number of fused-ring (bicyclic) bond motifs is 3. The lowest BCUT2D eigenvalue weighted by Crippen LogP contribution is -2.52. The van der Waals surface area contributed by atoms with Gasteiger partial charge in [0, 0.05) is 25.0 Å². The van der Waals surface area contributed by atoms with Crippen LogP contribution in [0.3, 0.4) is 0 Å². The minimum absolute atomic E-state index is 0.0191. The van der Waals surface area contributed by atoms with Gasteiger partial charge in [-0.2, -0.15) is 4.57 Å². The van der Waals surface area contributed by atoms with Crippen molar-refractivity contribution in [3.63, 3.8) is 0 Å². The molecule has 0 aliphatic carbocycles. The van der Waals surface area contributed by atoms with E-state index in [0.717, 1.165) is 0 Å². The van der Waals surface area contributed by atoms with Crippen molar-refractivity contribution >= 4 is 0 Å². The van der Waals surface area contributed by atoms with Crippen LogP contribution in [0.1, 0.15) is 36.5 Å². The van der Waals surface area contributed by atoms with Gasteiger partial charge < -0.3 is 0 Å². The third kappa shape index (κ3) is 1.72. The number of nitrogens with zero attached hydrogens (tertiary/aromatic N) is 2. The molecule has 0 N–H and O–H groups in total. The van der Waals surface area contributed by atoms with Crippen LogP contribution in [0.4, 0.5) is 0 Å². The molecule has 4 rings (SSSR count). The van der Waals surface area contributed by atoms with Gasteiger partial charge in [0.15, 0.2) is 11.4 Å². The van der Waals surface area contributed by atoms with Gasteiger partial charge in [-0.1, -0.05) is 42.5 Å². The van der Waals surface area contributed by atoms with Crippen molar-refractivity contribution in [3.8, 4) is 16.9 Å². The van der Waals surface area contributed by atoms with Crippen LogP contribution in [0, 0.1) is 20.8 Å². The number of hydrogen-bond donors (Lipinski definition) is 0. The summed E-state index contributed by atoms with van der Waals surface area (Å²) < 4.78 is 4.90. The molecule has 1 aliphatic rings. The van der Waals surface area contributed by atoms with Crippen LogP contribution in [0.15, 0.2) is 48.5 Å². The molecule has 23 heavy (non-hydrogen) atoms. The average molecular weight is 303 g/mol.